The van der Waals surface area contributed by atoms with E-state index in [0.717, 1.165) is 23.4 Å². The lowest BCUT2D eigenvalue weighted by Gasteiger charge is -2.08. The van der Waals surface area contributed by atoms with Crippen LogP contribution in [0.4, 0.5) is 11.5 Å². The lowest BCUT2D eigenvalue weighted by molar-refractivity contribution is 0.102. The number of thiophene rings is 1. The lowest BCUT2D eigenvalue weighted by Crippen LogP contribution is -2.14. The zero-order valence-electron chi connectivity index (χ0n) is 11.7. The Kier molecular flexibility index (Phi) is 3.25. The molecule has 0 fully saturated rings. The summed E-state index contributed by atoms with van der Waals surface area (Å²) in [5.74, 6) is 0.470. The van der Waals surface area contributed by atoms with E-state index in [1.54, 1.807) is 23.1 Å². The van der Waals surface area contributed by atoms with Crippen LogP contribution < -0.4 is 11.1 Å². The fourth-order valence-corrected chi connectivity index (χ4v) is 3.74. The third kappa shape index (κ3) is 2.20. The zero-order valence-corrected chi connectivity index (χ0v) is 12.5. The minimum absolute atomic E-state index is 0.0981. The third-order valence-electron chi connectivity index (χ3n) is 3.72. The second-order valence-electron chi connectivity index (χ2n) is 5.19. The van der Waals surface area contributed by atoms with Gasteiger partial charge < -0.3 is 11.1 Å². The van der Waals surface area contributed by atoms with E-state index in [2.05, 4.69) is 10.4 Å². The third-order valence-corrected chi connectivity index (χ3v) is 4.96. The van der Waals surface area contributed by atoms with Gasteiger partial charge in [0.05, 0.1) is 16.3 Å². The molecule has 3 rings (SSSR count). The highest BCUT2D eigenvalue weighted by molar-refractivity contribution is 7.14. The number of aryl methyl sites for hydroxylation is 4. The summed E-state index contributed by atoms with van der Waals surface area (Å²) in [5.41, 5.74) is 8.53. The smallest absolute Gasteiger partial charge is 0.266 e. The van der Waals surface area contributed by atoms with Crippen LogP contribution >= 0.6 is 11.3 Å². The molecule has 3 N–H and O–H groups in total. The van der Waals surface area contributed by atoms with Crippen molar-refractivity contribution in [2.75, 3.05) is 11.1 Å². The second-order valence-corrected chi connectivity index (χ2v) is 6.33. The SMILES string of the molecule is Cc1nn(C)c(NC(=O)c2cc3c(s2)CCCC3)c1N. The fraction of sp³-hybridized carbons (Fsp3) is 0.429. The number of nitrogens with two attached hydrogens (primary N) is 1. The van der Waals surface area contributed by atoms with Crippen molar-refractivity contribution in [3.63, 3.8) is 0 Å². The molecule has 106 valence electrons. The summed E-state index contributed by atoms with van der Waals surface area (Å²) in [4.78, 5) is 14.5. The van der Waals surface area contributed by atoms with Gasteiger partial charge in [0.2, 0.25) is 0 Å². The van der Waals surface area contributed by atoms with Crippen molar-refractivity contribution < 1.29 is 4.79 Å². The standard InChI is InChI=1S/C14H18N4OS/c1-8-12(15)13(18(2)17-8)16-14(19)11-7-9-5-3-4-6-10(9)20-11/h7H,3-6,15H2,1-2H3,(H,16,19). The van der Waals surface area contributed by atoms with Crippen LogP contribution in [0.1, 0.15) is 38.6 Å². The van der Waals surface area contributed by atoms with E-state index in [1.165, 1.54) is 23.3 Å². The van der Waals surface area contributed by atoms with E-state index in [0.29, 0.717) is 11.5 Å². The molecule has 2 aromatic rings. The molecular formula is C14H18N4OS. The normalized spacial score (nSPS) is 14.1. The van der Waals surface area contributed by atoms with Crippen molar-refractivity contribution in [1.82, 2.24) is 9.78 Å². The van der Waals surface area contributed by atoms with Crippen molar-refractivity contribution >= 4 is 28.7 Å². The van der Waals surface area contributed by atoms with Gasteiger partial charge in [-0.3, -0.25) is 9.48 Å². The quantitative estimate of drug-likeness (QED) is 0.892. The highest BCUT2D eigenvalue weighted by atomic mass is 32.1. The molecule has 1 aliphatic carbocycles. The summed E-state index contributed by atoms with van der Waals surface area (Å²) < 4.78 is 1.61. The van der Waals surface area contributed by atoms with Gasteiger partial charge in [-0.2, -0.15) is 5.10 Å². The van der Waals surface area contributed by atoms with Crippen molar-refractivity contribution in [2.45, 2.75) is 32.6 Å². The van der Waals surface area contributed by atoms with Gasteiger partial charge in [0, 0.05) is 11.9 Å². The van der Waals surface area contributed by atoms with E-state index in [9.17, 15) is 4.79 Å². The van der Waals surface area contributed by atoms with Crippen molar-refractivity contribution in [2.24, 2.45) is 7.05 Å². The number of nitrogen functional groups attached to an aromatic ring is 1. The Morgan fingerprint density at radius 2 is 2.20 bits per heavy atom. The van der Waals surface area contributed by atoms with Crippen LogP contribution in [0.5, 0.6) is 0 Å². The predicted octanol–water partition coefficient (Wildman–Crippen LogP) is 2.50. The van der Waals surface area contributed by atoms with Crippen LogP contribution in [0.2, 0.25) is 0 Å². The van der Waals surface area contributed by atoms with E-state index < -0.39 is 0 Å². The first-order valence-electron chi connectivity index (χ1n) is 6.78. The number of anilines is 2. The number of hydrogen-bond acceptors (Lipinski definition) is 4. The van der Waals surface area contributed by atoms with Gasteiger partial charge in [0.1, 0.15) is 0 Å². The molecule has 0 saturated heterocycles. The Morgan fingerprint density at radius 3 is 2.85 bits per heavy atom. The number of fused-ring (bicyclic) bond motifs is 1. The monoisotopic (exact) mass is 290 g/mol. The molecule has 0 atom stereocenters. The topological polar surface area (TPSA) is 72.9 Å². The molecule has 1 aliphatic rings. The number of amides is 1. The lowest BCUT2D eigenvalue weighted by atomic mass is 9.99. The number of aromatic nitrogens is 2. The first-order valence-corrected chi connectivity index (χ1v) is 7.60. The van der Waals surface area contributed by atoms with Gasteiger partial charge in [-0.1, -0.05) is 0 Å². The molecule has 20 heavy (non-hydrogen) atoms. The molecule has 1 amide bonds. The van der Waals surface area contributed by atoms with Gasteiger partial charge >= 0.3 is 0 Å². The number of carbonyl (C=O) groups is 1. The maximum absolute atomic E-state index is 12.3. The van der Waals surface area contributed by atoms with Gasteiger partial charge in [-0.05, 0) is 44.2 Å². The Balaban J connectivity index is 1.84. The number of rotatable bonds is 2. The summed E-state index contributed by atoms with van der Waals surface area (Å²) in [6.45, 7) is 1.83. The minimum Gasteiger partial charge on any atom is -0.394 e. The highest BCUT2D eigenvalue weighted by Crippen LogP contribution is 2.30. The van der Waals surface area contributed by atoms with Gasteiger partial charge in [0.15, 0.2) is 5.82 Å². The average molecular weight is 290 g/mol. The summed E-state index contributed by atoms with van der Waals surface area (Å²) in [7, 11) is 1.78. The molecule has 0 spiro atoms. The minimum atomic E-state index is -0.0981. The van der Waals surface area contributed by atoms with Crippen LogP contribution in [-0.4, -0.2) is 15.7 Å². The highest BCUT2D eigenvalue weighted by Gasteiger charge is 2.19. The number of carbonyl (C=O) groups excluding carboxylic acids is 1. The van der Waals surface area contributed by atoms with E-state index in [-0.39, 0.29) is 5.91 Å². The molecule has 0 aliphatic heterocycles. The van der Waals surface area contributed by atoms with E-state index in [4.69, 9.17) is 5.73 Å². The number of nitrogens with one attached hydrogen (secondary N) is 1. The van der Waals surface area contributed by atoms with Crippen LogP contribution in [0.25, 0.3) is 0 Å². The van der Waals surface area contributed by atoms with Gasteiger partial charge in [-0.25, -0.2) is 0 Å². The fourth-order valence-electron chi connectivity index (χ4n) is 2.59. The summed E-state index contributed by atoms with van der Waals surface area (Å²) in [6.07, 6.45) is 4.63. The first kappa shape index (κ1) is 13.2. The maximum atomic E-state index is 12.3. The summed E-state index contributed by atoms with van der Waals surface area (Å²) in [6, 6.07) is 2.02. The van der Waals surface area contributed by atoms with Crippen molar-refractivity contribution in [1.29, 1.82) is 0 Å². The molecule has 0 aromatic carbocycles. The zero-order chi connectivity index (χ0) is 14.3. The molecule has 0 saturated carbocycles. The average Bonchev–Trinajstić information content (AvgIpc) is 2.95. The Bertz CT molecular complexity index is 648. The first-order chi connectivity index (χ1) is 9.56. The van der Waals surface area contributed by atoms with E-state index >= 15 is 0 Å². The van der Waals surface area contributed by atoms with Crippen LogP contribution in [-0.2, 0) is 19.9 Å². The molecule has 5 nitrogen and oxygen atoms in total. The maximum Gasteiger partial charge on any atom is 0.266 e. The largest absolute Gasteiger partial charge is 0.394 e. The van der Waals surface area contributed by atoms with Gasteiger partial charge in [0.25, 0.3) is 5.91 Å². The molecule has 0 bridgehead atoms. The van der Waals surface area contributed by atoms with Gasteiger partial charge in [-0.15, -0.1) is 11.3 Å². The van der Waals surface area contributed by atoms with E-state index in [1.807, 2.05) is 13.0 Å². The van der Waals surface area contributed by atoms with Crippen LogP contribution in [0.15, 0.2) is 6.07 Å². The molecule has 6 heteroatoms. The Morgan fingerprint density at radius 1 is 1.45 bits per heavy atom. The molecule has 0 unspecified atom stereocenters. The van der Waals surface area contributed by atoms with Crippen molar-refractivity contribution in [3.05, 3.63) is 27.1 Å². The predicted molar refractivity (Wildman–Crippen MR) is 81.3 cm³/mol. The number of hydrogen-bond donors (Lipinski definition) is 2. The Labute approximate surface area is 121 Å². The Hall–Kier alpha value is -1.82. The molecule has 0 radical (unpaired) electrons. The van der Waals surface area contributed by atoms with Crippen molar-refractivity contribution in [3.8, 4) is 0 Å². The van der Waals surface area contributed by atoms with Crippen LogP contribution in [0, 0.1) is 6.92 Å². The van der Waals surface area contributed by atoms with Crippen LogP contribution in [0.3, 0.4) is 0 Å². The molecular weight excluding hydrogens is 272 g/mol. The molecule has 2 aromatic heterocycles. The second kappa shape index (κ2) is 4.94. The number of nitrogens with zero attached hydrogens (tertiary/aromatic N) is 2. The summed E-state index contributed by atoms with van der Waals surface area (Å²) in [5, 5.41) is 7.07. The summed E-state index contributed by atoms with van der Waals surface area (Å²) >= 11 is 1.60. The molecule has 2 heterocycles.